The predicted molar refractivity (Wildman–Crippen MR) is 176 cm³/mol. The van der Waals surface area contributed by atoms with Crippen LogP contribution in [0.2, 0.25) is 0 Å². The lowest BCUT2D eigenvalue weighted by atomic mass is 9.98. The summed E-state index contributed by atoms with van der Waals surface area (Å²) in [5, 5.41) is 5.81. The Morgan fingerprint density at radius 1 is 0.512 bits per heavy atom. The highest BCUT2D eigenvalue weighted by Gasteiger charge is 2.43. The minimum Gasteiger partial charge on any atom is -0.456 e. The van der Waals surface area contributed by atoms with Crippen LogP contribution < -0.4 is 25.4 Å². The van der Waals surface area contributed by atoms with E-state index in [9.17, 15) is 0 Å². The lowest BCUT2D eigenvalue weighted by Crippen LogP contribution is -2.35. The van der Waals surface area contributed by atoms with Crippen LogP contribution in [0.5, 0.6) is 23.0 Å². The summed E-state index contributed by atoms with van der Waals surface area (Å²) in [5.74, 6) is 3.30. The zero-order valence-electron chi connectivity index (χ0n) is 21.7. The van der Waals surface area contributed by atoms with Crippen LogP contribution in [-0.4, -0.2) is 0 Å². The van der Waals surface area contributed by atoms with Gasteiger partial charge in [0.1, 0.15) is 23.0 Å². The van der Waals surface area contributed by atoms with Gasteiger partial charge in [-0.1, -0.05) is 96.7 Å². The molecule has 0 saturated heterocycles. The monoisotopic (exact) mass is 580 g/mol. The van der Waals surface area contributed by atoms with E-state index in [0.29, 0.717) is 0 Å². The van der Waals surface area contributed by atoms with E-state index in [1.54, 1.807) is 0 Å². The van der Waals surface area contributed by atoms with Gasteiger partial charge in [0.25, 0.3) is 0 Å². The maximum atomic E-state index is 6.68. The lowest BCUT2D eigenvalue weighted by molar-refractivity contribution is 0.467. The molecule has 9 rings (SSSR count). The highest BCUT2D eigenvalue weighted by molar-refractivity contribution is 8.26. The number of para-hydroxylation sites is 2. The van der Waals surface area contributed by atoms with Crippen molar-refractivity contribution in [3.05, 3.63) is 127 Å². The maximum absolute atomic E-state index is 6.68. The number of hydrogen-bond donors (Lipinski definition) is 0. The van der Waals surface area contributed by atoms with Gasteiger partial charge < -0.3 is 9.47 Å². The van der Waals surface area contributed by atoms with Crippen LogP contribution in [-0.2, 0) is 11.8 Å². The number of rotatable bonds is 2. The Morgan fingerprint density at radius 2 is 1.15 bits per heavy atom. The summed E-state index contributed by atoms with van der Waals surface area (Å²) in [4.78, 5) is 0. The Bertz CT molecular complexity index is 2230. The quantitative estimate of drug-likeness (QED) is 0.190. The second kappa shape index (κ2) is 8.64. The molecule has 0 radical (unpaired) electrons. The first-order chi connectivity index (χ1) is 20.2. The van der Waals surface area contributed by atoms with Gasteiger partial charge >= 0.3 is 0 Å². The number of thiophene rings is 1. The summed E-state index contributed by atoms with van der Waals surface area (Å²) >= 11 is 8.54. The Kier molecular flexibility index (Phi) is 4.95. The minimum absolute atomic E-state index is 0.799. The molecule has 1 unspecified atom stereocenters. The fourth-order valence-corrected chi connectivity index (χ4v) is 12.0. The van der Waals surface area contributed by atoms with Gasteiger partial charge in [0, 0.05) is 36.3 Å². The molecule has 6 aromatic carbocycles. The van der Waals surface area contributed by atoms with Gasteiger partial charge in [-0.2, -0.15) is 0 Å². The van der Waals surface area contributed by atoms with E-state index in [4.69, 9.17) is 21.3 Å². The van der Waals surface area contributed by atoms with Gasteiger partial charge in [-0.05, 0) is 59.2 Å². The maximum Gasteiger partial charge on any atom is 0.148 e. The molecule has 41 heavy (non-hydrogen) atoms. The molecule has 5 heteroatoms. The third-order valence-electron chi connectivity index (χ3n) is 8.16. The standard InChI is InChI=1S/C36H21O2PS2/c40-39-31-13-4-2-11-28(31)37-30-21-20-24(34(35(30)39)38-29-12-3-5-14-32(29)39)22-16-18-23(19-17-22)25-9-7-10-27-26-8-1-6-15-33(26)41-36(25)27/h1-21H. The van der Waals surface area contributed by atoms with E-state index >= 15 is 0 Å². The lowest BCUT2D eigenvalue weighted by Gasteiger charge is -2.38. The summed E-state index contributed by atoms with van der Waals surface area (Å²) in [6.07, 6.45) is 0. The molecular formula is C36H21O2PS2. The van der Waals surface area contributed by atoms with Gasteiger partial charge in [0.15, 0.2) is 0 Å². The molecule has 0 spiro atoms. The SMILES string of the molecule is S=P12c3ccccc3Oc3ccc(-c4ccc(-c5cccc6c5sc5ccccc56)cc4)c(c31)Oc1ccccc12. The molecule has 2 aliphatic heterocycles. The van der Waals surface area contributed by atoms with Crippen molar-refractivity contribution in [1.82, 2.24) is 0 Å². The van der Waals surface area contributed by atoms with E-state index < -0.39 is 6.04 Å². The molecule has 0 aliphatic carbocycles. The first kappa shape index (κ1) is 23.5. The predicted octanol–water partition coefficient (Wildman–Crippen LogP) is 9.36. The highest BCUT2D eigenvalue weighted by Crippen LogP contribution is 2.60. The molecule has 1 atom stereocenters. The van der Waals surface area contributed by atoms with Crippen molar-refractivity contribution in [3.8, 4) is 45.3 Å². The summed E-state index contributed by atoms with van der Waals surface area (Å²) < 4.78 is 15.7. The number of fused-ring (bicyclic) bond motifs is 7. The Balaban J connectivity index is 1.21. The van der Waals surface area contributed by atoms with Gasteiger partial charge in [-0.15, -0.1) is 11.3 Å². The normalized spacial score (nSPS) is 16.4. The van der Waals surface area contributed by atoms with Crippen molar-refractivity contribution in [1.29, 1.82) is 0 Å². The van der Waals surface area contributed by atoms with Crippen molar-refractivity contribution in [2.75, 3.05) is 0 Å². The van der Waals surface area contributed by atoms with E-state index in [1.165, 1.54) is 31.3 Å². The van der Waals surface area contributed by atoms with Gasteiger partial charge in [-0.3, -0.25) is 0 Å². The third-order valence-corrected chi connectivity index (χ3v) is 14.3. The summed E-state index contributed by atoms with van der Waals surface area (Å²) in [7, 11) is 0. The molecule has 3 heterocycles. The molecule has 7 aromatic rings. The fraction of sp³-hybridized carbons (Fsp3) is 0. The van der Waals surface area contributed by atoms with E-state index in [1.807, 2.05) is 35.6 Å². The van der Waals surface area contributed by atoms with Crippen molar-refractivity contribution in [2.45, 2.75) is 0 Å². The Morgan fingerprint density at radius 3 is 1.93 bits per heavy atom. The summed E-state index contributed by atoms with van der Waals surface area (Å²) in [6.45, 7) is 0. The number of ether oxygens (including phenoxy) is 2. The molecule has 2 nitrogen and oxygen atoms in total. The van der Waals surface area contributed by atoms with Gasteiger partial charge in [0.05, 0.1) is 11.3 Å². The highest BCUT2D eigenvalue weighted by atomic mass is 32.4. The Labute approximate surface area is 246 Å². The average molecular weight is 581 g/mol. The fourth-order valence-electron chi connectivity index (χ4n) is 6.27. The molecule has 0 amide bonds. The van der Waals surface area contributed by atoms with Crippen LogP contribution in [0.15, 0.2) is 127 Å². The smallest absolute Gasteiger partial charge is 0.148 e. The zero-order valence-corrected chi connectivity index (χ0v) is 24.2. The Hall–Kier alpha value is -4.21. The van der Waals surface area contributed by atoms with E-state index in [-0.39, 0.29) is 0 Å². The first-order valence-corrected chi connectivity index (χ1v) is 17.2. The molecule has 194 valence electrons. The van der Waals surface area contributed by atoms with Crippen LogP contribution >= 0.6 is 17.4 Å². The number of benzene rings is 6. The largest absolute Gasteiger partial charge is 0.456 e. The molecule has 0 saturated carbocycles. The number of hydrogen-bond acceptors (Lipinski definition) is 4. The molecule has 1 aromatic heterocycles. The van der Waals surface area contributed by atoms with Crippen molar-refractivity contribution < 1.29 is 9.47 Å². The van der Waals surface area contributed by atoms with Crippen LogP contribution in [0.4, 0.5) is 0 Å². The molecule has 0 fully saturated rings. The third kappa shape index (κ3) is 3.27. The molecule has 2 aliphatic rings. The second-order valence-corrected chi connectivity index (χ2v) is 15.7. The molecular weight excluding hydrogens is 560 g/mol. The van der Waals surface area contributed by atoms with Crippen LogP contribution in [0.3, 0.4) is 0 Å². The first-order valence-electron chi connectivity index (χ1n) is 13.5. The molecule has 0 N–H and O–H groups in total. The second-order valence-electron chi connectivity index (χ2n) is 10.4. The topological polar surface area (TPSA) is 18.5 Å². The average Bonchev–Trinajstić information content (AvgIpc) is 3.41. The summed E-state index contributed by atoms with van der Waals surface area (Å²) in [5.41, 5.74) is 4.58. The minimum atomic E-state index is -2.38. The van der Waals surface area contributed by atoms with Gasteiger partial charge in [0.2, 0.25) is 0 Å². The van der Waals surface area contributed by atoms with Crippen molar-refractivity contribution in [3.63, 3.8) is 0 Å². The van der Waals surface area contributed by atoms with Crippen molar-refractivity contribution in [2.24, 2.45) is 0 Å². The zero-order chi connectivity index (χ0) is 27.1. The van der Waals surface area contributed by atoms with Crippen molar-refractivity contribution >= 4 is 65.3 Å². The van der Waals surface area contributed by atoms with Crippen LogP contribution in [0, 0.1) is 0 Å². The molecule has 0 bridgehead atoms. The summed E-state index contributed by atoms with van der Waals surface area (Å²) in [6, 6.07) is 42.3. The van der Waals surface area contributed by atoms with E-state index in [2.05, 4.69) is 103 Å². The van der Waals surface area contributed by atoms with Crippen LogP contribution in [0.25, 0.3) is 42.4 Å². The van der Waals surface area contributed by atoms with E-state index in [0.717, 1.165) is 50.0 Å². The van der Waals surface area contributed by atoms with Crippen LogP contribution in [0.1, 0.15) is 0 Å². The van der Waals surface area contributed by atoms with Gasteiger partial charge in [-0.25, -0.2) is 0 Å².